The molecule has 0 heterocycles. The zero-order valence-corrected chi connectivity index (χ0v) is 9.56. The van der Waals surface area contributed by atoms with Gasteiger partial charge in [-0.25, -0.2) is 0 Å². The lowest BCUT2D eigenvalue weighted by Gasteiger charge is -2.13. The normalized spacial score (nSPS) is 15.2. The van der Waals surface area contributed by atoms with E-state index < -0.39 is 12.4 Å². The Bertz CT molecular complexity index is 130. The first-order valence-corrected chi connectivity index (χ1v) is 5.79. The molecule has 15 heavy (non-hydrogen) atoms. The number of rotatable bonds is 10. The molecule has 4 nitrogen and oxygen atoms in total. The van der Waals surface area contributed by atoms with Crippen molar-refractivity contribution in [2.24, 2.45) is 0 Å². The molecule has 0 bridgehead atoms. The topological polar surface area (TPSA) is 69.9 Å². The molecule has 0 aliphatic rings. The molecule has 0 rings (SSSR count). The van der Waals surface area contributed by atoms with E-state index in [4.69, 9.17) is 14.9 Å². The van der Waals surface area contributed by atoms with Gasteiger partial charge in [-0.2, -0.15) is 0 Å². The van der Waals surface area contributed by atoms with Crippen molar-refractivity contribution in [2.45, 2.75) is 57.8 Å². The van der Waals surface area contributed by atoms with E-state index in [2.05, 4.69) is 6.92 Å². The van der Waals surface area contributed by atoms with E-state index in [9.17, 15) is 5.11 Å². The van der Waals surface area contributed by atoms with Crippen LogP contribution in [0, 0.1) is 0 Å². The van der Waals surface area contributed by atoms with Gasteiger partial charge in [0.05, 0.1) is 13.2 Å². The number of hydrogen-bond acceptors (Lipinski definition) is 4. The Balaban J connectivity index is 3.21. The standard InChI is InChI=1S/C11H24O4/c1-2-3-4-5-6-7-11(14)15-9-10(13)8-12/h10-14H,2-9H2,1H3/t10?,11-/m1/s1. The maximum atomic E-state index is 9.34. The average Bonchev–Trinajstić information content (AvgIpc) is 2.25. The molecule has 2 atom stereocenters. The number of ether oxygens (including phenoxy) is 1. The molecule has 3 N–H and O–H groups in total. The quantitative estimate of drug-likeness (QED) is 0.380. The van der Waals surface area contributed by atoms with Gasteiger partial charge in [-0.15, -0.1) is 0 Å². The zero-order chi connectivity index (χ0) is 11.5. The molecular weight excluding hydrogens is 196 g/mol. The first kappa shape index (κ1) is 14.8. The molecule has 0 aromatic heterocycles. The summed E-state index contributed by atoms with van der Waals surface area (Å²) in [4.78, 5) is 0. The number of unbranched alkanes of at least 4 members (excludes halogenated alkanes) is 4. The predicted molar refractivity (Wildman–Crippen MR) is 58.4 cm³/mol. The van der Waals surface area contributed by atoms with E-state index in [-0.39, 0.29) is 13.2 Å². The second-order valence-corrected chi connectivity index (χ2v) is 3.83. The minimum atomic E-state index is -0.889. The largest absolute Gasteiger partial charge is 0.394 e. The van der Waals surface area contributed by atoms with Crippen LogP contribution in [0.2, 0.25) is 0 Å². The maximum Gasteiger partial charge on any atom is 0.154 e. The SMILES string of the molecule is CCCCCCC[C@H](O)OCC(O)CO. The molecule has 0 saturated carbocycles. The Morgan fingerprint density at radius 1 is 1.07 bits per heavy atom. The summed E-state index contributed by atoms with van der Waals surface area (Å²) in [5.41, 5.74) is 0. The van der Waals surface area contributed by atoms with E-state index in [1.807, 2.05) is 0 Å². The van der Waals surface area contributed by atoms with Gasteiger partial charge in [-0.05, 0) is 12.8 Å². The number of aliphatic hydroxyl groups is 3. The lowest BCUT2D eigenvalue weighted by atomic mass is 10.1. The van der Waals surface area contributed by atoms with Crippen LogP contribution in [-0.4, -0.2) is 40.9 Å². The Hall–Kier alpha value is -0.160. The van der Waals surface area contributed by atoms with Crippen molar-refractivity contribution in [3.8, 4) is 0 Å². The molecule has 0 aliphatic heterocycles. The van der Waals surface area contributed by atoms with Crippen LogP contribution in [0.3, 0.4) is 0 Å². The predicted octanol–water partition coefficient (Wildman–Crippen LogP) is 1.04. The molecule has 0 spiro atoms. The molecule has 1 unspecified atom stereocenters. The van der Waals surface area contributed by atoms with Crippen molar-refractivity contribution in [3.05, 3.63) is 0 Å². The Kier molecular flexibility index (Phi) is 10.3. The average molecular weight is 220 g/mol. The van der Waals surface area contributed by atoms with Gasteiger partial charge in [0, 0.05) is 0 Å². The van der Waals surface area contributed by atoms with Crippen LogP contribution in [0.1, 0.15) is 45.4 Å². The highest BCUT2D eigenvalue weighted by atomic mass is 16.6. The minimum absolute atomic E-state index is 0.00731. The molecule has 0 aliphatic carbocycles. The fraction of sp³-hybridized carbons (Fsp3) is 1.00. The minimum Gasteiger partial charge on any atom is -0.394 e. The van der Waals surface area contributed by atoms with Gasteiger partial charge >= 0.3 is 0 Å². The second-order valence-electron chi connectivity index (χ2n) is 3.83. The van der Waals surface area contributed by atoms with Crippen molar-refractivity contribution in [1.29, 1.82) is 0 Å². The summed E-state index contributed by atoms with van der Waals surface area (Å²) in [6.45, 7) is 1.82. The summed E-state index contributed by atoms with van der Waals surface area (Å²) < 4.78 is 4.95. The van der Waals surface area contributed by atoms with E-state index >= 15 is 0 Å². The fourth-order valence-electron chi connectivity index (χ4n) is 1.28. The van der Waals surface area contributed by atoms with Crippen LogP contribution < -0.4 is 0 Å². The monoisotopic (exact) mass is 220 g/mol. The first-order valence-electron chi connectivity index (χ1n) is 5.79. The van der Waals surface area contributed by atoms with Crippen molar-refractivity contribution < 1.29 is 20.1 Å². The van der Waals surface area contributed by atoms with Crippen LogP contribution in [0.5, 0.6) is 0 Å². The van der Waals surface area contributed by atoms with E-state index in [1.54, 1.807) is 0 Å². The lowest BCUT2D eigenvalue weighted by molar-refractivity contribution is -0.130. The van der Waals surface area contributed by atoms with Crippen molar-refractivity contribution in [1.82, 2.24) is 0 Å². The van der Waals surface area contributed by atoms with Crippen LogP contribution >= 0.6 is 0 Å². The highest BCUT2D eigenvalue weighted by Crippen LogP contribution is 2.08. The Labute approximate surface area is 91.9 Å². The second kappa shape index (κ2) is 10.4. The van der Waals surface area contributed by atoms with Gasteiger partial charge in [0.1, 0.15) is 6.10 Å². The molecule has 92 valence electrons. The molecule has 0 fully saturated rings. The third-order valence-corrected chi connectivity index (χ3v) is 2.25. The molecule has 0 saturated heterocycles. The molecule has 0 aromatic rings. The summed E-state index contributed by atoms with van der Waals surface area (Å²) >= 11 is 0. The number of aliphatic hydroxyl groups excluding tert-OH is 3. The molecule has 0 radical (unpaired) electrons. The van der Waals surface area contributed by atoms with Gasteiger partial charge in [0.2, 0.25) is 0 Å². The van der Waals surface area contributed by atoms with Gasteiger partial charge in [0.15, 0.2) is 6.29 Å². The molecular formula is C11H24O4. The van der Waals surface area contributed by atoms with Crippen LogP contribution in [-0.2, 0) is 4.74 Å². The molecule has 0 amide bonds. The maximum absolute atomic E-state index is 9.34. The van der Waals surface area contributed by atoms with Crippen molar-refractivity contribution in [3.63, 3.8) is 0 Å². The van der Waals surface area contributed by atoms with Gasteiger partial charge in [-0.3, -0.25) is 0 Å². The first-order chi connectivity index (χ1) is 7.20. The summed E-state index contributed by atoms with van der Waals surface area (Å²) in [5.74, 6) is 0. The Morgan fingerprint density at radius 3 is 2.33 bits per heavy atom. The van der Waals surface area contributed by atoms with Gasteiger partial charge < -0.3 is 20.1 Å². The number of hydrogen-bond donors (Lipinski definition) is 3. The van der Waals surface area contributed by atoms with Crippen LogP contribution in [0.15, 0.2) is 0 Å². The highest BCUT2D eigenvalue weighted by molar-refractivity contribution is 4.51. The zero-order valence-electron chi connectivity index (χ0n) is 9.56. The van der Waals surface area contributed by atoms with E-state index in [0.717, 1.165) is 12.8 Å². The summed E-state index contributed by atoms with van der Waals surface area (Å²) in [7, 11) is 0. The van der Waals surface area contributed by atoms with Crippen molar-refractivity contribution in [2.75, 3.05) is 13.2 Å². The van der Waals surface area contributed by atoms with Crippen LogP contribution in [0.25, 0.3) is 0 Å². The van der Waals surface area contributed by atoms with E-state index in [0.29, 0.717) is 6.42 Å². The Morgan fingerprint density at radius 2 is 1.73 bits per heavy atom. The summed E-state index contributed by atoms with van der Waals surface area (Å²) in [6, 6.07) is 0. The van der Waals surface area contributed by atoms with Crippen LogP contribution in [0.4, 0.5) is 0 Å². The smallest absolute Gasteiger partial charge is 0.154 e. The van der Waals surface area contributed by atoms with Crippen molar-refractivity contribution >= 4 is 0 Å². The summed E-state index contributed by atoms with van der Waals surface area (Å²) in [5, 5.41) is 26.8. The summed E-state index contributed by atoms with van der Waals surface area (Å²) in [6.07, 6.45) is 4.59. The van der Waals surface area contributed by atoms with Gasteiger partial charge in [0.25, 0.3) is 0 Å². The van der Waals surface area contributed by atoms with Gasteiger partial charge in [-0.1, -0.05) is 32.6 Å². The molecule has 0 aromatic carbocycles. The third-order valence-electron chi connectivity index (χ3n) is 2.25. The molecule has 4 heteroatoms. The lowest BCUT2D eigenvalue weighted by Crippen LogP contribution is -2.24. The highest BCUT2D eigenvalue weighted by Gasteiger charge is 2.07. The fourth-order valence-corrected chi connectivity index (χ4v) is 1.28. The van der Waals surface area contributed by atoms with E-state index in [1.165, 1.54) is 19.3 Å². The third kappa shape index (κ3) is 10.1.